The van der Waals surface area contributed by atoms with E-state index < -0.39 is 0 Å². The third-order valence-electron chi connectivity index (χ3n) is 3.76. The minimum atomic E-state index is 0.470. The molecule has 0 spiro atoms. The van der Waals surface area contributed by atoms with Crippen LogP contribution in [0.1, 0.15) is 5.56 Å². The topological polar surface area (TPSA) is 44.5 Å². The summed E-state index contributed by atoms with van der Waals surface area (Å²) in [6, 6.07) is 26.2. The predicted molar refractivity (Wildman–Crippen MR) is 97.2 cm³/mol. The van der Waals surface area contributed by atoms with E-state index in [1.54, 1.807) is 0 Å². The second kappa shape index (κ2) is 8.18. The molecule has 0 aliphatic carbocycles. The summed E-state index contributed by atoms with van der Waals surface area (Å²) in [5.41, 5.74) is 9.08. The Kier molecular flexibility index (Phi) is 5.48. The molecule has 0 saturated heterocycles. The monoisotopic (exact) mass is 319 g/mol. The van der Waals surface area contributed by atoms with Gasteiger partial charge in [0.05, 0.1) is 0 Å². The summed E-state index contributed by atoms with van der Waals surface area (Å²) in [4.78, 5) is 0. The summed E-state index contributed by atoms with van der Waals surface area (Å²) >= 11 is 0. The third kappa shape index (κ3) is 4.15. The molecular formula is C21H21NO2. The largest absolute Gasteiger partial charge is 0.490 e. The van der Waals surface area contributed by atoms with Gasteiger partial charge in [0, 0.05) is 12.1 Å². The summed E-state index contributed by atoms with van der Waals surface area (Å²) in [6.45, 7) is 1.44. The lowest BCUT2D eigenvalue weighted by atomic mass is 10.1. The molecule has 3 aromatic rings. The SMILES string of the molecule is NCc1ccccc1OCCOc1ccc(-c2ccccc2)cc1. The highest BCUT2D eigenvalue weighted by Gasteiger charge is 2.01. The van der Waals surface area contributed by atoms with Crippen molar-refractivity contribution in [2.75, 3.05) is 13.2 Å². The average Bonchev–Trinajstić information content (AvgIpc) is 2.67. The van der Waals surface area contributed by atoms with Gasteiger partial charge in [0.1, 0.15) is 24.7 Å². The van der Waals surface area contributed by atoms with E-state index >= 15 is 0 Å². The van der Waals surface area contributed by atoms with Crippen molar-refractivity contribution in [3.63, 3.8) is 0 Å². The molecule has 0 radical (unpaired) electrons. The lowest BCUT2D eigenvalue weighted by Crippen LogP contribution is -2.10. The first-order valence-electron chi connectivity index (χ1n) is 8.06. The first-order chi connectivity index (χ1) is 11.9. The van der Waals surface area contributed by atoms with Gasteiger partial charge < -0.3 is 15.2 Å². The van der Waals surface area contributed by atoms with Gasteiger partial charge >= 0.3 is 0 Å². The number of para-hydroxylation sites is 1. The molecule has 24 heavy (non-hydrogen) atoms. The molecule has 0 atom stereocenters. The summed E-state index contributed by atoms with van der Waals surface area (Å²) in [5, 5.41) is 0. The number of hydrogen-bond donors (Lipinski definition) is 1. The fraction of sp³-hybridized carbons (Fsp3) is 0.143. The van der Waals surface area contributed by atoms with Crippen LogP contribution >= 0.6 is 0 Å². The van der Waals surface area contributed by atoms with Crippen molar-refractivity contribution >= 4 is 0 Å². The Hall–Kier alpha value is -2.78. The van der Waals surface area contributed by atoms with E-state index in [2.05, 4.69) is 24.3 Å². The van der Waals surface area contributed by atoms with Gasteiger partial charge in [-0.1, -0.05) is 60.7 Å². The van der Waals surface area contributed by atoms with Crippen molar-refractivity contribution in [2.45, 2.75) is 6.54 Å². The summed E-state index contributed by atoms with van der Waals surface area (Å²) in [6.07, 6.45) is 0. The minimum absolute atomic E-state index is 0.470. The standard InChI is InChI=1S/C21H21NO2/c22-16-19-8-4-5-9-21(19)24-15-14-23-20-12-10-18(11-13-20)17-6-2-1-3-7-17/h1-13H,14-16,22H2. The molecule has 0 bridgehead atoms. The number of nitrogens with two attached hydrogens (primary N) is 1. The van der Waals surface area contributed by atoms with Crippen molar-refractivity contribution in [2.24, 2.45) is 5.73 Å². The van der Waals surface area contributed by atoms with Crippen LogP contribution in [0.5, 0.6) is 11.5 Å². The lowest BCUT2D eigenvalue weighted by molar-refractivity contribution is 0.216. The molecule has 0 aliphatic rings. The zero-order valence-electron chi connectivity index (χ0n) is 13.5. The maximum absolute atomic E-state index is 5.74. The molecule has 0 aromatic heterocycles. The summed E-state index contributed by atoms with van der Waals surface area (Å²) in [7, 11) is 0. The predicted octanol–water partition coefficient (Wildman–Crippen LogP) is 4.27. The van der Waals surface area contributed by atoms with Gasteiger partial charge in [-0.15, -0.1) is 0 Å². The number of benzene rings is 3. The van der Waals surface area contributed by atoms with Gasteiger partial charge in [0.2, 0.25) is 0 Å². The quantitative estimate of drug-likeness (QED) is 0.661. The van der Waals surface area contributed by atoms with Crippen LogP contribution in [0.3, 0.4) is 0 Å². The van der Waals surface area contributed by atoms with Crippen molar-refractivity contribution < 1.29 is 9.47 Å². The van der Waals surface area contributed by atoms with E-state index in [0.717, 1.165) is 17.1 Å². The van der Waals surface area contributed by atoms with E-state index in [4.69, 9.17) is 15.2 Å². The summed E-state index contributed by atoms with van der Waals surface area (Å²) in [5.74, 6) is 1.66. The van der Waals surface area contributed by atoms with Gasteiger partial charge in [0.25, 0.3) is 0 Å². The van der Waals surface area contributed by atoms with Gasteiger partial charge in [0.15, 0.2) is 0 Å². The van der Waals surface area contributed by atoms with E-state index in [-0.39, 0.29) is 0 Å². The summed E-state index contributed by atoms with van der Waals surface area (Å²) < 4.78 is 11.5. The molecule has 3 rings (SSSR count). The van der Waals surface area contributed by atoms with Crippen LogP contribution in [0, 0.1) is 0 Å². The third-order valence-corrected chi connectivity index (χ3v) is 3.76. The van der Waals surface area contributed by atoms with Crippen molar-refractivity contribution in [3.8, 4) is 22.6 Å². The number of ether oxygens (including phenoxy) is 2. The Bertz CT molecular complexity index is 754. The molecule has 0 heterocycles. The Morgan fingerprint density at radius 3 is 2.00 bits per heavy atom. The van der Waals surface area contributed by atoms with E-state index in [0.29, 0.717) is 19.8 Å². The zero-order valence-corrected chi connectivity index (χ0v) is 13.5. The van der Waals surface area contributed by atoms with Crippen LogP contribution < -0.4 is 15.2 Å². The highest BCUT2D eigenvalue weighted by molar-refractivity contribution is 5.63. The average molecular weight is 319 g/mol. The molecule has 0 fully saturated rings. The van der Waals surface area contributed by atoms with Crippen LogP contribution in [0.2, 0.25) is 0 Å². The van der Waals surface area contributed by atoms with Crippen LogP contribution in [0.15, 0.2) is 78.9 Å². The van der Waals surface area contributed by atoms with Gasteiger partial charge in [-0.2, -0.15) is 0 Å². The van der Waals surface area contributed by atoms with Crippen LogP contribution in [0.4, 0.5) is 0 Å². The van der Waals surface area contributed by atoms with E-state index in [1.165, 1.54) is 11.1 Å². The van der Waals surface area contributed by atoms with Gasteiger partial charge in [-0.3, -0.25) is 0 Å². The molecule has 0 saturated carbocycles. The Morgan fingerprint density at radius 1 is 0.625 bits per heavy atom. The molecule has 3 heteroatoms. The second-order valence-electron chi connectivity index (χ2n) is 5.40. The normalized spacial score (nSPS) is 10.4. The molecule has 3 nitrogen and oxygen atoms in total. The Labute approximate surface area is 142 Å². The number of rotatable bonds is 7. The first-order valence-corrected chi connectivity index (χ1v) is 8.06. The first kappa shape index (κ1) is 16.1. The highest BCUT2D eigenvalue weighted by atomic mass is 16.5. The Balaban J connectivity index is 1.50. The molecular weight excluding hydrogens is 298 g/mol. The van der Waals surface area contributed by atoms with E-state index in [9.17, 15) is 0 Å². The fourth-order valence-electron chi connectivity index (χ4n) is 2.50. The number of hydrogen-bond acceptors (Lipinski definition) is 3. The molecule has 3 aromatic carbocycles. The van der Waals surface area contributed by atoms with Crippen molar-refractivity contribution in [1.29, 1.82) is 0 Å². The molecule has 0 aliphatic heterocycles. The fourth-order valence-corrected chi connectivity index (χ4v) is 2.50. The molecule has 0 unspecified atom stereocenters. The van der Waals surface area contributed by atoms with Crippen LogP contribution in [0.25, 0.3) is 11.1 Å². The molecule has 122 valence electrons. The minimum Gasteiger partial charge on any atom is -0.490 e. The maximum Gasteiger partial charge on any atom is 0.123 e. The van der Waals surface area contributed by atoms with Crippen molar-refractivity contribution in [1.82, 2.24) is 0 Å². The lowest BCUT2D eigenvalue weighted by Gasteiger charge is -2.11. The van der Waals surface area contributed by atoms with Gasteiger partial charge in [-0.25, -0.2) is 0 Å². The smallest absolute Gasteiger partial charge is 0.123 e. The van der Waals surface area contributed by atoms with Crippen molar-refractivity contribution in [3.05, 3.63) is 84.4 Å². The second-order valence-corrected chi connectivity index (χ2v) is 5.40. The molecule has 0 amide bonds. The van der Waals surface area contributed by atoms with Gasteiger partial charge in [-0.05, 0) is 29.3 Å². The van der Waals surface area contributed by atoms with Crippen LogP contribution in [-0.2, 0) is 6.54 Å². The van der Waals surface area contributed by atoms with E-state index in [1.807, 2.05) is 54.6 Å². The maximum atomic E-state index is 5.74. The highest BCUT2D eigenvalue weighted by Crippen LogP contribution is 2.22. The van der Waals surface area contributed by atoms with Crippen LogP contribution in [-0.4, -0.2) is 13.2 Å². The molecule has 2 N–H and O–H groups in total. The zero-order chi connectivity index (χ0) is 16.6. The Morgan fingerprint density at radius 2 is 1.25 bits per heavy atom.